The predicted octanol–water partition coefficient (Wildman–Crippen LogP) is 6.94. The van der Waals surface area contributed by atoms with E-state index in [-0.39, 0.29) is 5.97 Å². The lowest BCUT2D eigenvalue weighted by atomic mass is 9.84. The summed E-state index contributed by atoms with van der Waals surface area (Å²) in [6, 6.07) is 8.05. The van der Waals surface area contributed by atoms with Gasteiger partial charge in [0.25, 0.3) is 0 Å². The summed E-state index contributed by atoms with van der Waals surface area (Å²) in [6.45, 7) is 4.47. The number of esters is 1. The standard InChI is InChI=1S/C23H34O2/c1-3-5-6-7-8-10-23(24)25-22-17-15-21(16-18-22)20-13-11-19(9-4-2)12-14-20/h13,15-19H,3-12,14H2,1-2H3. The Morgan fingerprint density at radius 1 is 1.04 bits per heavy atom. The van der Waals surface area contributed by atoms with Gasteiger partial charge in [-0.25, -0.2) is 0 Å². The lowest BCUT2D eigenvalue weighted by Gasteiger charge is -2.21. The van der Waals surface area contributed by atoms with Crippen molar-refractivity contribution in [1.29, 1.82) is 0 Å². The first-order valence-electron chi connectivity index (χ1n) is 10.2. The first-order valence-corrected chi connectivity index (χ1v) is 10.2. The molecule has 0 saturated carbocycles. The van der Waals surface area contributed by atoms with Gasteiger partial charge in [-0.3, -0.25) is 4.79 Å². The first kappa shape index (κ1) is 19.8. The van der Waals surface area contributed by atoms with Crippen LogP contribution in [0.25, 0.3) is 5.57 Å². The van der Waals surface area contributed by atoms with E-state index >= 15 is 0 Å². The third-order valence-electron chi connectivity index (χ3n) is 5.16. The molecule has 1 unspecified atom stereocenters. The van der Waals surface area contributed by atoms with Crippen molar-refractivity contribution < 1.29 is 9.53 Å². The zero-order chi connectivity index (χ0) is 17.9. The summed E-state index contributed by atoms with van der Waals surface area (Å²) in [6.07, 6.45) is 15.0. The predicted molar refractivity (Wildman–Crippen MR) is 106 cm³/mol. The van der Waals surface area contributed by atoms with Crippen LogP contribution in [0.15, 0.2) is 30.3 Å². The van der Waals surface area contributed by atoms with Crippen LogP contribution in [0.1, 0.15) is 90.0 Å². The van der Waals surface area contributed by atoms with Crippen LogP contribution in [-0.2, 0) is 4.79 Å². The molecular weight excluding hydrogens is 308 g/mol. The molecule has 1 aromatic rings. The molecule has 0 saturated heterocycles. The maximum absolute atomic E-state index is 11.9. The molecule has 0 radical (unpaired) electrons. The lowest BCUT2D eigenvalue weighted by molar-refractivity contribution is -0.134. The highest BCUT2D eigenvalue weighted by Crippen LogP contribution is 2.32. The SMILES string of the molecule is CCCCCCCC(=O)Oc1ccc(C2=CCC(CCC)CC2)cc1. The van der Waals surface area contributed by atoms with Crippen LogP contribution in [0.5, 0.6) is 5.75 Å². The average Bonchev–Trinajstić information content (AvgIpc) is 2.63. The molecule has 25 heavy (non-hydrogen) atoms. The summed E-state index contributed by atoms with van der Waals surface area (Å²) < 4.78 is 5.45. The quantitative estimate of drug-likeness (QED) is 0.261. The van der Waals surface area contributed by atoms with E-state index in [1.165, 1.54) is 62.5 Å². The fraction of sp³-hybridized carbons (Fsp3) is 0.609. The van der Waals surface area contributed by atoms with Gasteiger partial charge in [-0.15, -0.1) is 0 Å². The minimum absolute atomic E-state index is 0.108. The van der Waals surface area contributed by atoms with Gasteiger partial charge in [0.1, 0.15) is 5.75 Å². The minimum atomic E-state index is -0.108. The third kappa shape index (κ3) is 7.05. The number of unbranched alkanes of at least 4 members (excludes halogenated alkanes) is 4. The Bertz CT molecular complexity index is 542. The molecule has 1 aliphatic rings. The molecule has 0 bridgehead atoms. The van der Waals surface area contributed by atoms with Gasteiger partial charge in [0, 0.05) is 6.42 Å². The van der Waals surface area contributed by atoms with Crippen molar-refractivity contribution in [2.45, 2.75) is 84.5 Å². The van der Waals surface area contributed by atoms with Gasteiger partial charge in [-0.2, -0.15) is 0 Å². The molecule has 1 aromatic carbocycles. The van der Waals surface area contributed by atoms with E-state index in [1.807, 2.05) is 12.1 Å². The highest BCUT2D eigenvalue weighted by atomic mass is 16.5. The Labute approximate surface area is 153 Å². The molecule has 0 amide bonds. The van der Waals surface area contributed by atoms with Gasteiger partial charge >= 0.3 is 5.97 Å². The first-order chi connectivity index (χ1) is 12.2. The second-order valence-corrected chi connectivity index (χ2v) is 7.32. The number of carbonyl (C=O) groups excluding carboxylic acids is 1. The normalized spacial score (nSPS) is 17.2. The largest absolute Gasteiger partial charge is 0.427 e. The number of ether oxygens (including phenoxy) is 1. The van der Waals surface area contributed by atoms with Crippen molar-refractivity contribution >= 4 is 11.5 Å². The van der Waals surface area contributed by atoms with Crippen molar-refractivity contribution in [2.24, 2.45) is 5.92 Å². The molecule has 0 spiro atoms. The fourth-order valence-electron chi connectivity index (χ4n) is 3.61. The van der Waals surface area contributed by atoms with Crippen LogP contribution in [0, 0.1) is 5.92 Å². The van der Waals surface area contributed by atoms with E-state index in [0.29, 0.717) is 12.2 Å². The zero-order valence-corrected chi connectivity index (χ0v) is 16.1. The van der Waals surface area contributed by atoms with E-state index in [2.05, 4.69) is 32.1 Å². The van der Waals surface area contributed by atoms with Crippen LogP contribution in [0.2, 0.25) is 0 Å². The van der Waals surface area contributed by atoms with Crippen molar-refractivity contribution in [3.63, 3.8) is 0 Å². The molecule has 0 N–H and O–H groups in total. The highest BCUT2D eigenvalue weighted by molar-refractivity contribution is 5.73. The molecule has 0 heterocycles. The zero-order valence-electron chi connectivity index (χ0n) is 16.1. The van der Waals surface area contributed by atoms with E-state index in [0.717, 1.165) is 18.8 Å². The molecule has 0 aromatic heterocycles. The molecule has 0 fully saturated rings. The number of benzene rings is 1. The molecule has 1 atom stereocenters. The van der Waals surface area contributed by atoms with Crippen molar-refractivity contribution in [1.82, 2.24) is 0 Å². The van der Waals surface area contributed by atoms with Gasteiger partial charge in [0.05, 0.1) is 0 Å². The Balaban J connectivity index is 1.77. The smallest absolute Gasteiger partial charge is 0.311 e. The Morgan fingerprint density at radius 3 is 2.44 bits per heavy atom. The van der Waals surface area contributed by atoms with Gasteiger partial charge < -0.3 is 4.74 Å². The molecule has 1 aliphatic carbocycles. The summed E-state index contributed by atoms with van der Waals surface area (Å²) in [5.41, 5.74) is 2.72. The highest BCUT2D eigenvalue weighted by Gasteiger charge is 2.14. The van der Waals surface area contributed by atoms with Crippen LogP contribution in [0.4, 0.5) is 0 Å². The van der Waals surface area contributed by atoms with E-state index < -0.39 is 0 Å². The molecule has 2 nitrogen and oxygen atoms in total. The van der Waals surface area contributed by atoms with Gasteiger partial charge in [0.2, 0.25) is 0 Å². The number of carbonyl (C=O) groups is 1. The van der Waals surface area contributed by atoms with Crippen LogP contribution >= 0.6 is 0 Å². The van der Waals surface area contributed by atoms with Gasteiger partial charge in [0.15, 0.2) is 0 Å². The van der Waals surface area contributed by atoms with Crippen molar-refractivity contribution in [3.05, 3.63) is 35.9 Å². The molecular formula is C23H34O2. The van der Waals surface area contributed by atoms with Crippen molar-refractivity contribution in [2.75, 3.05) is 0 Å². The Kier molecular flexibility index (Phi) is 8.79. The monoisotopic (exact) mass is 342 g/mol. The van der Waals surface area contributed by atoms with Crippen LogP contribution in [0.3, 0.4) is 0 Å². The Hall–Kier alpha value is -1.57. The number of allylic oxidation sites excluding steroid dienone is 2. The van der Waals surface area contributed by atoms with E-state index in [9.17, 15) is 4.79 Å². The maximum atomic E-state index is 11.9. The molecule has 0 aliphatic heterocycles. The summed E-state index contributed by atoms with van der Waals surface area (Å²) in [5, 5.41) is 0. The van der Waals surface area contributed by atoms with Gasteiger partial charge in [-0.1, -0.05) is 70.6 Å². The number of hydrogen-bond donors (Lipinski definition) is 0. The van der Waals surface area contributed by atoms with E-state index in [1.54, 1.807) is 0 Å². The van der Waals surface area contributed by atoms with Crippen LogP contribution < -0.4 is 4.74 Å². The molecule has 2 heteroatoms. The van der Waals surface area contributed by atoms with E-state index in [4.69, 9.17) is 4.74 Å². The van der Waals surface area contributed by atoms with Crippen molar-refractivity contribution in [3.8, 4) is 5.75 Å². The topological polar surface area (TPSA) is 26.3 Å². The molecule has 138 valence electrons. The number of hydrogen-bond acceptors (Lipinski definition) is 2. The lowest BCUT2D eigenvalue weighted by Crippen LogP contribution is -2.07. The second kappa shape index (κ2) is 11.1. The van der Waals surface area contributed by atoms with Gasteiger partial charge in [-0.05, 0) is 54.9 Å². The third-order valence-corrected chi connectivity index (χ3v) is 5.16. The van der Waals surface area contributed by atoms with Crippen LogP contribution in [-0.4, -0.2) is 5.97 Å². The summed E-state index contributed by atoms with van der Waals surface area (Å²) in [7, 11) is 0. The summed E-state index contributed by atoms with van der Waals surface area (Å²) in [4.78, 5) is 11.9. The Morgan fingerprint density at radius 2 is 1.80 bits per heavy atom. The maximum Gasteiger partial charge on any atom is 0.311 e. The molecule has 2 rings (SSSR count). The summed E-state index contributed by atoms with van der Waals surface area (Å²) in [5.74, 6) is 1.43. The summed E-state index contributed by atoms with van der Waals surface area (Å²) >= 11 is 0. The second-order valence-electron chi connectivity index (χ2n) is 7.32. The minimum Gasteiger partial charge on any atom is -0.427 e. The number of rotatable bonds is 10. The average molecular weight is 343 g/mol. The fourth-order valence-corrected chi connectivity index (χ4v) is 3.61.